The quantitative estimate of drug-likeness (QED) is 0.846. The number of ether oxygens (including phenoxy) is 1. The average Bonchev–Trinajstić information content (AvgIpc) is 2.42. The monoisotopic (exact) mass is 251 g/mol. The van der Waals surface area contributed by atoms with E-state index < -0.39 is 0 Å². The minimum absolute atomic E-state index is 0.119. The molecule has 0 aromatic heterocycles. The fraction of sp³-hybridized carbons (Fsp3) is 0.176. The first-order valence-corrected chi connectivity index (χ1v) is 6.31. The number of hydrogen-bond donors (Lipinski definition) is 1. The predicted octanol–water partition coefficient (Wildman–Crippen LogP) is 3.57. The van der Waals surface area contributed by atoms with Gasteiger partial charge in [0, 0.05) is 18.0 Å². The number of nitrogens with two attached hydrogens (primary N) is 1. The lowest BCUT2D eigenvalue weighted by atomic mass is 10.2. The summed E-state index contributed by atoms with van der Waals surface area (Å²) in [5.41, 5.74) is 6.62. The summed E-state index contributed by atoms with van der Waals surface area (Å²) in [6, 6.07) is 17.6. The lowest BCUT2D eigenvalue weighted by Crippen LogP contribution is -2.12. The Morgan fingerprint density at radius 1 is 1.00 bits per heavy atom. The van der Waals surface area contributed by atoms with Crippen LogP contribution in [-0.2, 0) is 0 Å². The van der Waals surface area contributed by atoms with Gasteiger partial charge in [0.15, 0.2) is 0 Å². The molecule has 0 saturated heterocycles. The van der Waals surface area contributed by atoms with E-state index in [4.69, 9.17) is 10.5 Å². The lowest BCUT2D eigenvalue weighted by Gasteiger charge is -2.04. The highest BCUT2D eigenvalue weighted by atomic mass is 16.5. The van der Waals surface area contributed by atoms with Gasteiger partial charge >= 0.3 is 0 Å². The largest absolute Gasteiger partial charge is 0.457 e. The zero-order valence-electron chi connectivity index (χ0n) is 11.0. The van der Waals surface area contributed by atoms with Crippen LogP contribution >= 0.6 is 0 Å². The van der Waals surface area contributed by atoms with Crippen molar-refractivity contribution in [2.45, 2.75) is 19.4 Å². The first-order valence-electron chi connectivity index (χ1n) is 6.31. The summed E-state index contributed by atoms with van der Waals surface area (Å²) in [5, 5.41) is 0. The van der Waals surface area contributed by atoms with Gasteiger partial charge in [0.25, 0.3) is 0 Å². The minimum Gasteiger partial charge on any atom is -0.457 e. The van der Waals surface area contributed by atoms with Crippen LogP contribution in [-0.4, -0.2) is 6.04 Å². The Kier molecular flexibility index (Phi) is 4.60. The first kappa shape index (κ1) is 13.2. The second-order valence-corrected chi connectivity index (χ2v) is 4.42. The molecule has 0 aliphatic carbocycles. The Hall–Kier alpha value is -2.24. The van der Waals surface area contributed by atoms with E-state index in [1.165, 1.54) is 0 Å². The highest BCUT2D eigenvalue weighted by molar-refractivity contribution is 5.40. The van der Waals surface area contributed by atoms with Gasteiger partial charge < -0.3 is 10.5 Å². The van der Waals surface area contributed by atoms with Crippen LogP contribution in [0.4, 0.5) is 0 Å². The van der Waals surface area contributed by atoms with Gasteiger partial charge in [-0.05, 0) is 43.3 Å². The van der Waals surface area contributed by atoms with E-state index >= 15 is 0 Å². The van der Waals surface area contributed by atoms with Gasteiger partial charge in [0.2, 0.25) is 0 Å². The molecule has 96 valence electrons. The molecule has 0 amide bonds. The normalized spacial score (nSPS) is 11.3. The fourth-order valence-corrected chi connectivity index (χ4v) is 1.55. The predicted molar refractivity (Wildman–Crippen MR) is 78.1 cm³/mol. The maximum atomic E-state index is 5.71. The van der Waals surface area contributed by atoms with Crippen molar-refractivity contribution in [3.8, 4) is 23.3 Å². The number of benzene rings is 2. The molecule has 0 fully saturated rings. The molecule has 0 bridgehead atoms. The van der Waals surface area contributed by atoms with Crippen molar-refractivity contribution in [1.82, 2.24) is 0 Å². The summed E-state index contributed by atoms with van der Waals surface area (Å²) < 4.78 is 5.71. The Balaban J connectivity index is 2.00. The second kappa shape index (κ2) is 6.63. The Morgan fingerprint density at radius 2 is 1.63 bits per heavy atom. The standard InChI is InChI=1S/C17H17NO/c1-14(18)6-5-7-15-10-12-17(13-11-15)19-16-8-3-2-4-9-16/h2-4,8-14H,6,18H2,1H3. The third kappa shape index (κ3) is 4.50. The van der Waals surface area contributed by atoms with Crippen LogP contribution in [0.5, 0.6) is 11.5 Å². The number of para-hydroxylation sites is 1. The van der Waals surface area contributed by atoms with Crippen molar-refractivity contribution in [3.05, 3.63) is 60.2 Å². The third-order valence-corrected chi connectivity index (χ3v) is 2.49. The molecule has 0 saturated carbocycles. The SMILES string of the molecule is CC(N)CC#Cc1ccc(Oc2ccccc2)cc1. The Bertz CT molecular complexity index is 562. The zero-order chi connectivity index (χ0) is 13.5. The summed E-state index contributed by atoms with van der Waals surface area (Å²) in [6.07, 6.45) is 0.711. The van der Waals surface area contributed by atoms with Crippen molar-refractivity contribution in [2.75, 3.05) is 0 Å². The van der Waals surface area contributed by atoms with Gasteiger partial charge in [-0.3, -0.25) is 0 Å². The second-order valence-electron chi connectivity index (χ2n) is 4.42. The van der Waals surface area contributed by atoms with Crippen molar-refractivity contribution in [3.63, 3.8) is 0 Å². The average molecular weight is 251 g/mol. The molecule has 2 aromatic carbocycles. The zero-order valence-corrected chi connectivity index (χ0v) is 11.0. The fourth-order valence-electron chi connectivity index (χ4n) is 1.55. The van der Waals surface area contributed by atoms with E-state index in [0.29, 0.717) is 6.42 Å². The molecule has 1 atom stereocenters. The summed E-state index contributed by atoms with van der Waals surface area (Å²) in [7, 11) is 0. The third-order valence-electron chi connectivity index (χ3n) is 2.49. The van der Waals surface area contributed by atoms with E-state index in [0.717, 1.165) is 17.1 Å². The molecule has 0 aliphatic heterocycles. The molecule has 19 heavy (non-hydrogen) atoms. The maximum absolute atomic E-state index is 5.71. The maximum Gasteiger partial charge on any atom is 0.127 e. The molecule has 0 spiro atoms. The lowest BCUT2D eigenvalue weighted by molar-refractivity contribution is 0.482. The van der Waals surface area contributed by atoms with Gasteiger partial charge in [0.1, 0.15) is 11.5 Å². The number of rotatable bonds is 3. The van der Waals surface area contributed by atoms with Crippen LogP contribution < -0.4 is 10.5 Å². The van der Waals surface area contributed by atoms with Crippen LogP contribution in [0.2, 0.25) is 0 Å². The molecule has 2 nitrogen and oxygen atoms in total. The Morgan fingerprint density at radius 3 is 2.26 bits per heavy atom. The molecule has 2 N–H and O–H groups in total. The topological polar surface area (TPSA) is 35.2 Å². The van der Waals surface area contributed by atoms with E-state index in [9.17, 15) is 0 Å². The van der Waals surface area contributed by atoms with Gasteiger partial charge in [-0.25, -0.2) is 0 Å². The van der Waals surface area contributed by atoms with E-state index in [-0.39, 0.29) is 6.04 Å². The van der Waals surface area contributed by atoms with Crippen LogP contribution in [0, 0.1) is 11.8 Å². The van der Waals surface area contributed by atoms with Gasteiger partial charge in [-0.15, -0.1) is 0 Å². The molecular formula is C17H17NO. The smallest absolute Gasteiger partial charge is 0.127 e. The van der Waals surface area contributed by atoms with Gasteiger partial charge in [0.05, 0.1) is 0 Å². The summed E-state index contributed by atoms with van der Waals surface area (Å²) in [5.74, 6) is 7.78. The molecule has 0 radical (unpaired) electrons. The van der Waals surface area contributed by atoms with Crippen molar-refractivity contribution < 1.29 is 4.74 Å². The van der Waals surface area contributed by atoms with Gasteiger partial charge in [-0.1, -0.05) is 30.0 Å². The highest BCUT2D eigenvalue weighted by Gasteiger charge is 1.96. The highest BCUT2D eigenvalue weighted by Crippen LogP contribution is 2.20. The van der Waals surface area contributed by atoms with Crippen molar-refractivity contribution >= 4 is 0 Å². The Labute approximate surface area is 114 Å². The first-order chi connectivity index (χ1) is 9.24. The van der Waals surface area contributed by atoms with Crippen LogP contribution in [0.15, 0.2) is 54.6 Å². The number of hydrogen-bond acceptors (Lipinski definition) is 2. The molecule has 2 heteroatoms. The molecular weight excluding hydrogens is 234 g/mol. The van der Waals surface area contributed by atoms with Gasteiger partial charge in [-0.2, -0.15) is 0 Å². The molecule has 0 heterocycles. The molecule has 2 aromatic rings. The van der Waals surface area contributed by atoms with Crippen LogP contribution in [0.3, 0.4) is 0 Å². The van der Waals surface area contributed by atoms with E-state index in [1.54, 1.807) is 0 Å². The van der Waals surface area contributed by atoms with Crippen LogP contribution in [0.25, 0.3) is 0 Å². The van der Waals surface area contributed by atoms with Crippen molar-refractivity contribution in [2.24, 2.45) is 5.73 Å². The van der Waals surface area contributed by atoms with Crippen LogP contribution in [0.1, 0.15) is 18.9 Å². The van der Waals surface area contributed by atoms with Crippen molar-refractivity contribution in [1.29, 1.82) is 0 Å². The van der Waals surface area contributed by atoms with E-state index in [1.807, 2.05) is 61.5 Å². The summed E-state index contributed by atoms with van der Waals surface area (Å²) in [4.78, 5) is 0. The minimum atomic E-state index is 0.119. The summed E-state index contributed by atoms with van der Waals surface area (Å²) in [6.45, 7) is 1.95. The summed E-state index contributed by atoms with van der Waals surface area (Å²) >= 11 is 0. The molecule has 1 unspecified atom stereocenters. The molecule has 2 rings (SSSR count). The van der Waals surface area contributed by atoms with E-state index in [2.05, 4.69) is 11.8 Å². The molecule has 0 aliphatic rings.